The molecule has 0 unspecified atom stereocenters. The average molecular weight is 346 g/mol. The van der Waals surface area contributed by atoms with Gasteiger partial charge >= 0.3 is 12.1 Å². The van der Waals surface area contributed by atoms with Crippen LogP contribution in [-0.2, 0) is 15.8 Å². The Morgan fingerprint density at radius 2 is 1.79 bits per heavy atom. The molecule has 1 aromatic carbocycles. The molecule has 1 rings (SSSR count). The zero-order chi connectivity index (χ0) is 18.7. The summed E-state index contributed by atoms with van der Waals surface area (Å²) < 4.78 is 39.0. The second kappa shape index (κ2) is 7.33. The van der Waals surface area contributed by atoms with E-state index in [4.69, 9.17) is 5.11 Å². The monoisotopic (exact) mass is 346 g/mol. The van der Waals surface area contributed by atoms with Gasteiger partial charge in [-0.3, -0.25) is 14.4 Å². The second-order valence-corrected chi connectivity index (χ2v) is 5.40. The van der Waals surface area contributed by atoms with E-state index in [9.17, 15) is 27.6 Å². The van der Waals surface area contributed by atoms with Crippen LogP contribution in [0.2, 0.25) is 0 Å². The highest BCUT2D eigenvalue weighted by atomic mass is 19.4. The zero-order valence-electron chi connectivity index (χ0n) is 13.3. The standard InChI is InChI=1S/C15H17F3N2O4/c1-8(2)20(7-13(22)23)14(24)10-4-11(15(16,17)18)6-12(5-10)19-9(3)21/h4-6,8H,7H2,1-3H3,(H,19,21)(H,22,23). The van der Waals surface area contributed by atoms with Gasteiger partial charge in [0.15, 0.2) is 0 Å². The average Bonchev–Trinajstić information content (AvgIpc) is 2.41. The number of hydrogen-bond donors (Lipinski definition) is 2. The molecule has 6 nitrogen and oxygen atoms in total. The Kier molecular flexibility index (Phi) is 5.94. The maximum absolute atomic E-state index is 13.0. The summed E-state index contributed by atoms with van der Waals surface area (Å²) in [6.07, 6.45) is -4.72. The number of aliphatic carboxylic acids is 1. The van der Waals surface area contributed by atoms with Crippen molar-refractivity contribution in [1.82, 2.24) is 4.90 Å². The van der Waals surface area contributed by atoms with E-state index in [1.54, 1.807) is 13.8 Å². The van der Waals surface area contributed by atoms with Crippen LogP contribution < -0.4 is 5.32 Å². The van der Waals surface area contributed by atoms with Crippen molar-refractivity contribution in [3.05, 3.63) is 29.3 Å². The number of carbonyl (C=O) groups is 3. The fraction of sp³-hybridized carbons (Fsp3) is 0.400. The maximum atomic E-state index is 13.0. The maximum Gasteiger partial charge on any atom is 0.416 e. The molecule has 0 fully saturated rings. The molecule has 0 aromatic heterocycles. The minimum absolute atomic E-state index is 0.195. The number of anilines is 1. The molecule has 0 atom stereocenters. The van der Waals surface area contributed by atoms with Crippen molar-refractivity contribution in [2.75, 3.05) is 11.9 Å². The van der Waals surface area contributed by atoms with Crippen LogP contribution >= 0.6 is 0 Å². The summed E-state index contributed by atoms with van der Waals surface area (Å²) in [5.74, 6) is -2.75. The molecule has 0 saturated heterocycles. The highest BCUT2D eigenvalue weighted by molar-refractivity contribution is 5.98. The molecule has 0 aliphatic carbocycles. The quantitative estimate of drug-likeness (QED) is 0.858. The number of hydrogen-bond acceptors (Lipinski definition) is 3. The van der Waals surface area contributed by atoms with Gasteiger partial charge in [-0.15, -0.1) is 0 Å². The molecule has 2 amide bonds. The molecule has 0 radical (unpaired) electrons. The van der Waals surface area contributed by atoms with E-state index in [1.165, 1.54) is 0 Å². The number of carbonyl (C=O) groups excluding carboxylic acids is 2. The fourth-order valence-electron chi connectivity index (χ4n) is 1.99. The van der Waals surface area contributed by atoms with Crippen LogP contribution in [0.15, 0.2) is 18.2 Å². The molecular weight excluding hydrogens is 329 g/mol. The number of carboxylic acids is 1. The summed E-state index contributed by atoms with van der Waals surface area (Å²) in [5.41, 5.74) is -1.67. The third-order valence-electron chi connectivity index (χ3n) is 3.02. The summed E-state index contributed by atoms with van der Waals surface area (Å²) in [6, 6.07) is 1.88. The first-order valence-corrected chi connectivity index (χ1v) is 6.94. The summed E-state index contributed by atoms with van der Waals surface area (Å²) in [6.45, 7) is 3.56. The lowest BCUT2D eigenvalue weighted by Crippen LogP contribution is -2.40. The summed E-state index contributed by atoms with van der Waals surface area (Å²) in [7, 11) is 0. The first-order chi connectivity index (χ1) is 10.9. The second-order valence-electron chi connectivity index (χ2n) is 5.40. The topological polar surface area (TPSA) is 86.7 Å². The van der Waals surface area contributed by atoms with Gasteiger partial charge < -0.3 is 15.3 Å². The molecule has 1 aromatic rings. The van der Waals surface area contributed by atoms with E-state index in [0.29, 0.717) is 12.1 Å². The molecule has 24 heavy (non-hydrogen) atoms. The lowest BCUT2D eigenvalue weighted by atomic mass is 10.1. The van der Waals surface area contributed by atoms with Crippen LogP contribution in [0.5, 0.6) is 0 Å². The predicted octanol–water partition coefficient (Wildman–Crippen LogP) is 2.60. The molecule has 9 heteroatoms. The third-order valence-corrected chi connectivity index (χ3v) is 3.02. The summed E-state index contributed by atoms with van der Waals surface area (Å²) in [5, 5.41) is 11.1. The molecule has 0 spiro atoms. The Balaban J connectivity index is 3.36. The van der Waals surface area contributed by atoms with Gasteiger partial charge in [-0.05, 0) is 32.0 Å². The molecule has 132 valence electrons. The van der Waals surface area contributed by atoms with Gasteiger partial charge in [0.05, 0.1) is 5.56 Å². The van der Waals surface area contributed by atoms with E-state index in [2.05, 4.69) is 5.32 Å². The predicted molar refractivity (Wildman–Crippen MR) is 79.6 cm³/mol. The Morgan fingerprint density at radius 1 is 1.21 bits per heavy atom. The zero-order valence-corrected chi connectivity index (χ0v) is 13.3. The van der Waals surface area contributed by atoms with Crippen molar-refractivity contribution < 1.29 is 32.7 Å². The SMILES string of the molecule is CC(=O)Nc1cc(C(=O)N(CC(=O)O)C(C)C)cc(C(F)(F)F)c1. The van der Waals surface area contributed by atoms with Crippen LogP contribution in [0.1, 0.15) is 36.7 Å². The lowest BCUT2D eigenvalue weighted by molar-refractivity contribution is -0.139. The van der Waals surface area contributed by atoms with Crippen LogP contribution in [0.25, 0.3) is 0 Å². The van der Waals surface area contributed by atoms with E-state index in [-0.39, 0.29) is 11.3 Å². The largest absolute Gasteiger partial charge is 0.480 e. The van der Waals surface area contributed by atoms with E-state index in [0.717, 1.165) is 17.9 Å². The molecule has 0 aliphatic rings. The minimum atomic E-state index is -4.72. The van der Waals surface area contributed by atoms with Gasteiger partial charge in [0.1, 0.15) is 6.54 Å². The van der Waals surface area contributed by atoms with Crippen molar-refractivity contribution in [1.29, 1.82) is 0 Å². The number of rotatable bonds is 5. The van der Waals surface area contributed by atoms with Gasteiger partial charge in [0, 0.05) is 24.2 Å². The number of carboxylic acid groups (broad SMARTS) is 1. The lowest BCUT2D eigenvalue weighted by Gasteiger charge is -2.25. The number of halogens is 3. The molecular formula is C15H17F3N2O4. The number of alkyl halides is 3. The summed E-state index contributed by atoms with van der Waals surface area (Å²) in [4.78, 5) is 35.3. The van der Waals surface area contributed by atoms with Crippen LogP contribution in [0.4, 0.5) is 18.9 Å². The van der Waals surface area contributed by atoms with E-state index < -0.39 is 42.1 Å². The van der Waals surface area contributed by atoms with Gasteiger partial charge in [-0.1, -0.05) is 0 Å². The number of nitrogens with one attached hydrogen (secondary N) is 1. The minimum Gasteiger partial charge on any atom is -0.480 e. The number of amides is 2. The fourth-order valence-corrected chi connectivity index (χ4v) is 1.99. The van der Waals surface area contributed by atoms with Gasteiger partial charge in [0.2, 0.25) is 5.91 Å². The third kappa shape index (κ3) is 5.25. The molecule has 0 heterocycles. The molecule has 0 aliphatic heterocycles. The Morgan fingerprint density at radius 3 is 2.21 bits per heavy atom. The normalized spacial score (nSPS) is 11.3. The van der Waals surface area contributed by atoms with Crippen LogP contribution in [0, 0.1) is 0 Å². The van der Waals surface area contributed by atoms with Crippen molar-refractivity contribution in [2.45, 2.75) is 33.0 Å². The van der Waals surface area contributed by atoms with Crippen LogP contribution in [-0.4, -0.2) is 40.4 Å². The van der Waals surface area contributed by atoms with E-state index in [1.807, 2.05) is 0 Å². The highest BCUT2D eigenvalue weighted by Crippen LogP contribution is 2.32. The van der Waals surface area contributed by atoms with Crippen molar-refractivity contribution >= 4 is 23.5 Å². The molecule has 0 saturated carbocycles. The Hall–Kier alpha value is -2.58. The van der Waals surface area contributed by atoms with Gasteiger partial charge in [-0.2, -0.15) is 13.2 Å². The summed E-state index contributed by atoms with van der Waals surface area (Å²) >= 11 is 0. The first kappa shape index (κ1) is 19.5. The highest BCUT2D eigenvalue weighted by Gasteiger charge is 2.33. The smallest absolute Gasteiger partial charge is 0.416 e. The molecule has 0 bridgehead atoms. The van der Waals surface area contributed by atoms with Crippen molar-refractivity contribution in [3.63, 3.8) is 0 Å². The van der Waals surface area contributed by atoms with Gasteiger partial charge in [-0.25, -0.2) is 0 Å². The number of benzene rings is 1. The van der Waals surface area contributed by atoms with Crippen molar-refractivity contribution in [2.24, 2.45) is 0 Å². The first-order valence-electron chi connectivity index (χ1n) is 6.94. The Bertz CT molecular complexity index is 657. The van der Waals surface area contributed by atoms with Crippen molar-refractivity contribution in [3.8, 4) is 0 Å². The Labute approximate surface area is 136 Å². The van der Waals surface area contributed by atoms with E-state index >= 15 is 0 Å². The van der Waals surface area contributed by atoms with Crippen LogP contribution in [0.3, 0.4) is 0 Å². The number of nitrogens with zero attached hydrogens (tertiary/aromatic N) is 1. The molecule has 2 N–H and O–H groups in total. The van der Waals surface area contributed by atoms with Gasteiger partial charge in [0.25, 0.3) is 5.91 Å².